The first kappa shape index (κ1) is 60.2. The van der Waals surface area contributed by atoms with E-state index < -0.39 is 17.8 Å². The Bertz CT molecular complexity index is 530. The maximum atomic E-state index is 11.2. The maximum absolute atomic E-state index is 11.2. The molecule has 0 aromatic rings. The molecule has 0 radical (unpaired) electrons. The van der Waals surface area contributed by atoms with E-state index in [2.05, 4.69) is 10.2 Å². The van der Waals surface area contributed by atoms with Crippen molar-refractivity contribution < 1.29 is 47.8 Å². The molecule has 1 rings (SSSR count). The van der Waals surface area contributed by atoms with Crippen molar-refractivity contribution in [3.05, 3.63) is 0 Å². The van der Waals surface area contributed by atoms with E-state index in [-0.39, 0.29) is 105 Å². The van der Waals surface area contributed by atoms with Crippen LogP contribution >= 0.6 is 0 Å². The number of imide groups is 1. The van der Waals surface area contributed by atoms with Crippen LogP contribution in [0.4, 0.5) is 0 Å². The molecule has 0 bridgehead atoms. The summed E-state index contributed by atoms with van der Waals surface area (Å²) in [4.78, 5) is 58.6. The first-order valence-electron chi connectivity index (χ1n) is 9.54. The Kier molecular flexibility index (Phi) is 66.1. The molecule has 1 heterocycles. The van der Waals surface area contributed by atoms with E-state index in [1.165, 1.54) is 0 Å². The normalized spacial score (nSPS) is 10.2. The first-order chi connectivity index (χ1) is 14.5. The van der Waals surface area contributed by atoms with Crippen LogP contribution in [-0.4, -0.2) is 94.4 Å². The minimum absolute atomic E-state index is 0. The highest BCUT2D eigenvalue weighted by Crippen LogP contribution is 2.11. The van der Waals surface area contributed by atoms with E-state index in [1.54, 1.807) is 0 Å². The third kappa shape index (κ3) is 33.6. The van der Waals surface area contributed by atoms with Crippen molar-refractivity contribution in [1.29, 1.82) is 0 Å². The third-order valence-electron chi connectivity index (χ3n) is 3.19. The van der Waals surface area contributed by atoms with Crippen molar-refractivity contribution in [2.75, 3.05) is 59.4 Å². The Balaban J connectivity index is -0.0000000534. The highest BCUT2D eigenvalue weighted by molar-refractivity contribution is 6.01. The lowest BCUT2D eigenvalue weighted by atomic mass is 10.4. The number of ether oxygens (including phenoxy) is 4. The van der Waals surface area contributed by atoms with Crippen LogP contribution in [-0.2, 0) is 47.8 Å². The summed E-state index contributed by atoms with van der Waals surface area (Å²) in [7, 11) is 0. The lowest BCUT2D eigenvalue weighted by Crippen LogP contribution is -2.33. The number of nitrogens with zero attached hydrogens (tertiary/aromatic N) is 1. The van der Waals surface area contributed by atoms with E-state index in [1.807, 2.05) is 13.8 Å². The van der Waals surface area contributed by atoms with Gasteiger partial charge in [-0.2, -0.15) is 0 Å². The lowest BCUT2D eigenvalue weighted by Gasteiger charge is -2.12. The molecule has 1 aliphatic rings. The number of hydrogen-bond donors (Lipinski definition) is 1. The highest BCUT2D eigenvalue weighted by Gasteiger charge is 2.32. The Hall–Kier alpha value is -2.41. The van der Waals surface area contributed by atoms with Crippen molar-refractivity contribution in [3.63, 3.8) is 0 Å². The van der Waals surface area contributed by atoms with Crippen molar-refractivity contribution in [2.24, 2.45) is 0 Å². The molecular weight excluding hydrogens is 500 g/mol. The fourth-order valence-electron chi connectivity index (χ4n) is 1.84. The number of rotatable bonds is 15. The number of aldehydes is 1. The number of hydrogen-bond acceptors (Lipinski definition) is 10. The molecule has 12 nitrogen and oxygen atoms in total. The Morgan fingerprint density at radius 3 is 1.53 bits per heavy atom. The molecule has 236 valence electrons. The SMILES string of the molecule is C.C.C.C.C.C.C.C.CCOCCOCC(=O)NCC=O.CCOCCOCC(=O)ON1C(=O)CCC1=O. The van der Waals surface area contributed by atoms with Crippen molar-refractivity contribution in [1.82, 2.24) is 10.4 Å². The molecular formula is C26H62N2O10. The predicted octanol–water partition coefficient (Wildman–Crippen LogP) is 4.09. The smallest absolute Gasteiger partial charge is 0.358 e. The van der Waals surface area contributed by atoms with Gasteiger partial charge in [-0.05, 0) is 13.8 Å². The number of nitrogens with one attached hydrogen (secondary N) is 1. The summed E-state index contributed by atoms with van der Waals surface area (Å²) in [6, 6.07) is 0. The second-order valence-corrected chi connectivity index (χ2v) is 5.51. The highest BCUT2D eigenvalue weighted by atomic mass is 16.7. The summed E-state index contributed by atoms with van der Waals surface area (Å²) in [5.41, 5.74) is 0. The van der Waals surface area contributed by atoms with Gasteiger partial charge in [0, 0.05) is 26.1 Å². The summed E-state index contributed by atoms with van der Waals surface area (Å²) in [5, 5.41) is 2.84. The van der Waals surface area contributed by atoms with Crippen LogP contribution in [0, 0.1) is 0 Å². The molecule has 1 fully saturated rings. The molecule has 12 heteroatoms. The van der Waals surface area contributed by atoms with Gasteiger partial charge in [-0.15, -0.1) is 5.06 Å². The largest absolute Gasteiger partial charge is 0.379 e. The standard InChI is InChI=1S/C10H15NO6.C8H15NO4.8CH4/c1-2-15-5-6-16-7-10(14)17-11-8(12)3-4-9(11)13;1-2-12-5-6-13-7-8(11)9-3-4-10;;;;;;;;/h2-7H2,1H3;4H,2-3,5-7H2,1H3,(H,9,11);8*1H4. The van der Waals surface area contributed by atoms with E-state index in [0.29, 0.717) is 44.4 Å². The number of hydroxylamine groups is 2. The molecule has 0 aliphatic carbocycles. The minimum atomic E-state index is -0.773. The fourth-order valence-corrected chi connectivity index (χ4v) is 1.84. The van der Waals surface area contributed by atoms with Gasteiger partial charge in [-0.3, -0.25) is 14.4 Å². The van der Waals surface area contributed by atoms with Gasteiger partial charge < -0.3 is 33.9 Å². The van der Waals surface area contributed by atoms with E-state index in [9.17, 15) is 24.0 Å². The number of amides is 3. The molecule has 0 saturated carbocycles. The average molecular weight is 563 g/mol. The molecule has 0 unspecified atom stereocenters. The van der Waals surface area contributed by atoms with Gasteiger partial charge in [-0.25, -0.2) is 4.79 Å². The van der Waals surface area contributed by atoms with Crippen LogP contribution in [0.1, 0.15) is 86.1 Å². The Morgan fingerprint density at radius 1 is 0.737 bits per heavy atom. The quantitative estimate of drug-likeness (QED) is 0.176. The third-order valence-corrected chi connectivity index (χ3v) is 3.19. The van der Waals surface area contributed by atoms with Gasteiger partial charge in [0.15, 0.2) is 0 Å². The van der Waals surface area contributed by atoms with Crippen LogP contribution in [0.3, 0.4) is 0 Å². The summed E-state index contributed by atoms with van der Waals surface area (Å²) in [5.74, 6) is -2.07. The van der Waals surface area contributed by atoms with Gasteiger partial charge in [0.05, 0.1) is 33.0 Å². The number of carbonyl (C=O) groups excluding carboxylic acids is 5. The second-order valence-electron chi connectivity index (χ2n) is 5.51. The Morgan fingerprint density at radius 2 is 1.13 bits per heavy atom. The molecule has 0 atom stereocenters. The predicted molar refractivity (Wildman–Crippen MR) is 155 cm³/mol. The Labute approximate surface area is 234 Å². The van der Waals surface area contributed by atoms with Crippen molar-refractivity contribution in [3.8, 4) is 0 Å². The van der Waals surface area contributed by atoms with Gasteiger partial charge >= 0.3 is 5.97 Å². The molecule has 0 aromatic carbocycles. The van der Waals surface area contributed by atoms with Gasteiger partial charge in [-0.1, -0.05) is 59.4 Å². The molecule has 38 heavy (non-hydrogen) atoms. The molecule has 1 saturated heterocycles. The zero-order valence-electron chi connectivity index (χ0n) is 17.4. The van der Waals surface area contributed by atoms with Crippen LogP contribution in [0.2, 0.25) is 0 Å². The number of carbonyl (C=O) groups is 5. The fraction of sp³-hybridized carbons (Fsp3) is 0.808. The lowest BCUT2D eigenvalue weighted by molar-refractivity contribution is -0.200. The first-order valence-corrected chi connectivity index (χ1v) is 9.54. The van der Waals surface area contributed by atoms with Crippen molar-refractivity contribution in [2.45, 2.75) is 86.1 Å². The zero-order chi connectivity index (χ0) is 22.6. The van der Waals surface area contributed by atoms with Crippen LogP contribution in [0.15, 0.2) is 0 Å². The summed E-state index contributed by atoms with van der Waals surface area (Å²) >= 11 is 0. The summed E-state index contributed by atoms with van der Waals surface area (Å²) in [6.07, 6.45) is 0.784. The van der Waals surface area contributed by atoms with Crippen LogP contribution in [0.25, 0.3) is 0 Å². The molecule has 1 aliphatic heterocycles. The zero-order valence-corrected chi connectivity index (χ0v) is 17.4. The topological polar surface area (TPSA) is 147 Å². The molecule has 0 aromatic heterocycles. The van der Waals surface area contributed by atoms with Crippen molar-refractivity contribution >= 4 is 30.0 Å². The van der Waals surface area contributed by atoms with E-state index in [0.717, 1.165) is 0 Å². The summed E-state index contributed by atoms with van der Waals surface area (Å²) in [6.45, 7) is 6.15. The van der Waals surface area contributed by atoms with Crippen LogP contribution < -0.4 is 5.32 Å². The molecule has 0 spiro atoms. The molecule has 1 N–H and O–H groups in total. The maximum Gasteiger partial charge on any atom is 0.358 e. The monoisotopic (exact) mass is 562 g/mol. The van der Waals surface area contributed by atoms with Gasteiger partial charge in [0.1, 0.15) is 19.5 Å². The van der Waals surface area contributed by atoms with E-state index in [4.69, 9.17) is 18.9 Å². The second kappa shape index (κ2) is 41.7. The van der Waals surface area contributed by atoms with Gasteiger partial charge in [0.2, 0.25) is 5.91 Å². The minimum Gasteiger partial charge on any atom is -0.379 e. The average Bonchev–Trinajstić information content (AvgIpc) is 3.04. The molecule has 3 amide bonds. The van der Waals surface area contributed by atoms with E-state index >= 15 is 0 Å². The van der Waals surface area contributed by atoms with Gasteiger partial charge in [0.25, 0.3) is 11.8 Å². The summed E-state index contributed by atoms with van der Waals surface area (Å²) < 4.78 is 19.8. The van der Waals surface area contributed by atoms with Crippen LogP contribution in [0.5, 0.6) is 0 Å².